The lowest BCUT2D eigenvalue weighted by atomic mass is 10.0. The van der Waals surface area contributed by atoms with Gasteiger partial charge in [-0.1, -0.05) is 20.8 Å². The lowest BCUT2D eigenvalue weighted by Crippen LogP contribution is -2.07. The highest BCUT2D eigenvalue weighted by Crippen LogP contribution is 2.24. The molecule has 0 aliphatic carbocycles. The first-order valence-corrected chi connectivity index (χ1v) is 7.04. The fourth-order valence-corrected chi connectivity index (χ4v) is 2.50. The summed E-state index contributed by atoms with van der Waals surface area (Å²) in [5.74, 6) is 3.54. The highest BCUT2D eigenvalue weighted by molar-refractivity contribution is 7.98. The second kappa shape index (κ2) is 5.15. The van der Waals surface area contributed by atoms with Crippen LogP contribution in [0.4, 0.5) is 0 Å². The first-order valence-electron chi connectivity index (χ1n) is 5.89. The molecule has 0 atom stereocenters. The molecule has 0 bridgehead atoms. The Morgan fingerprint density at radius 1 is 1.31 bits per heavy atom. The van der Waals surface area contributed by atoms with Gasteiger partial charge in [0.1, 0.15) is 5.82 Å². The molecule has 0 aromatic carbocycles. The molecule has 1 aromatic rings. The fourth-order valence-electron chi connectivity index (χ4n) is 1.98. The third-order valence-corrected chi connectivity index (χ3v) is 3.62. The number of rotatable bonds is 4. The Bertz CT molecular complexity index is 377. The largest absolute Gasteiger partial charge is 0.307 e. The molecule has 1 aliphatic heterocycles. The van der Waals surface area contributed by atoms with Crippen LogP contribution in [0.2, 0.25) is 0 Å². The van der Waals surface area contributed by atoms with E-state index >= 15 is 0 Å². The minimum absolute atomic E-state index is 0.488. The van der Waals surface area contributed by atoms with Gasteiger partial charge in [0, 0.05) is 18.7 Å². The summed E-state index contributed by atoms with van der Waals surface area (Å²) in [5, 5.41) is 3.36. The van der Waals surface area contributed by atoms with E-state index in [-0.39, 0.29) is 0 Å². The summed E-state index contributed by atoms with van der Waals surface area (Å²) in [6.07, 6.45) is 0. The Balaban J connectivity index is 2.32. The molecule has 0 spiro atoms. The van der Waals surface area contributed by atoms with Crippen LogP contribution in [0.15, 0.2) is 0 Å². The zero-order chi connectivity index (χ0) is 11.5. The van der Waals surface area contributed by atoms with E-state index in [1.54, 1.807) is 0 Å². The molecule has 3 nitrogen and oxygen atoms in total. The molecule has 1 aromatic heterocycles. The number of nitrogens with one attached hydrogen (secondary N) is 1. The number of thioether (sulfide) groups is 1. The van der Waals surface area contributed by atoms with Crippen LogP contribution in [0, 0.1) is 0 Å². The lowest BCUT2D eigenvalue weighted by Gasteiger charge is -2.11. The van der Waals surface area contributed by atoms with Gasteiger partial charge in [-0.15, -0.1) is 0 Å². The molecule has 0 amide bonds. The van der Waals surface area contributed by atoms with Crippen molar-refractivity contribution in [2.75, 3.05) is 5.75 Å². The van der Waals surface area contributed by atoms with Gasteiger partial charge in [0.15, 0.2) is 0 Å². The predicted octanol–water partition coefficient (Wildman–Crippen LogP) is 2.46. The normalized spacial score (nSPS) is 14.5. The summed E-state index contributed by atoms with van der Waals surface area (Å²) in [4.78, 5) is 9.35. The van der Waals surface area contributed by atoms with Crippen molar-refractivity contribution >= 4 is 11.8 Å². The van der Waals surface area contributed by atoms with E-state index in [1.807, 2.05) is 11.8 Å². The zero-order valence-corrected chi connectivity index (χ0v) is 11.0. The van der Waals surface area contributed by atoms with Crippen LogP contribution in [0.3, 0.4) is 0 Å². The van der Waals surface area contributed by atoms with Crippen molar-refractivity contribution in [2.24, 2.45) is 0 Å². The highest BCUT2D eigenvalue weighted by atomic mass is 32.2. The van der Waals surface area contributed by atoms with E-state index in [4.69, 9.17) is 4.98 Å². The Kier molecular flexibility index (Phi) is 3.82. The van der Waals surface area contributed by atoms with Crippen molar-refractivity contribution in [3.63, 3.8) is 0 Å². The number of hydrogen-bond acceptors (Lipinski definition) is 4. The van der Waals surface area contributed by atoms with Crippen LogP contribution in [-0.2, 0) is 18.8 Å². The summed E-state index contributed by atoms with van der Waals surface area (Å²) in [6, 6.07) is 0. The minimum Gasteiger partial charge on any atom is -0.307 e. The minimum atomic E-state index is 0.488. The highest BCUT2D eigenvalue weighted by Gasteiger charge is 2.20. The Morgan fingerprint density at radius 2 is 2.12 bits per heavy atom. The van der Waals surface area contributed by atoms with E-state index in [9.17, 15) is 0 Å². The molecular weight excluding hydrogens is 218 g/mol. The maximum atomic E-state index is 4.71. The molecule has 16 heavy (non-hydrogen) atoms. The summed E-state index contributed by atoms with van der Waals surface area (Å²) < 4.78 is 0. The topological polar surface area (TPSA) is 37.8 Å². The van der Waals surface area contributed by atoms with E-state index in [2.05, 4.69) is 31.1 Å². The maximum absolute atomic E-state index is 4.71. The molecule has 0 saturated carbocycles. The van der Waals surface area contributed by atoms with E-state index in [0.29, 0.717) is 5.92 Å². The quantitative estimate of drug-likeness (QED) is 0.873. The molecule has 4 heteroatoms. The van der Waals surface area contributed by atoms with Crippen LogP contribution < -0.4 is 5.32 Å². The first-order chi connectivity index (χ1) is 7.72. The molecule has 2 rings (SSSR count). The number of fused-ring (bicyclic) bond motifs is 1. The number of hydrogen-bond donors (Lipinski definition) is 1. The van der Waals surface area contributed by atoms with Gasteiger partial charge in [-0.2, -0.15) is 11.8 Å². The molecule has 0 saturated heterocycles. The van der Waals surface area contributed by atoms with Crippen molar-refractivity contribution in [1.82, 2.24) is 15.3 Å². The zero-order valence-electron chi connectivity index (χ0n) is 10.2. The van der Waals surface area contributed by atoms with Gasteiger partial charge in [-0.3, -0.25) is 0 Å². The van der Waals surface area contributed by atoms with Crippen LogP contribution in [0.1, 0.15) is 49.5 Å². The smallest absolute Gasteiger partial charge is 0.138 e. The Labute approximate surface area is 101 Å². The molecule has 0 unspecified atom stereocenters. The Hall–Kier alpha value is -0.610. The van der Waals surface area contributed by atoms with Gasteiger partial charge in [0.05, 0.1) is 17.1 Å². The fraction of sp³-hybridized carbons (Fsp3) is 0.667. The van der Waals surface area contributed by atoms with E-state index < -0.39 is 0 Å². The van der Waals surface area contributed by atoms with Gasteiger partial charge in [-0.25, -0.2) is 9.97 Å². The van der Waals surface area contributed by atoms with Gasteiger partial charge in [0.25, 0.3) is 0 Å². The van der Waals surface area contributed by atoms with Crippen molar-refractivity contribution in [3.05, 3.63) is 22.8 Å². The van der Waals surface area contributed by atoms with E-state index in [0.717, 1.165) is 30.4 Å². The first kappa shape index (κ1) is 11.9. The monoisotopic (exact) mass is 237 g/mol. The third kappa shape index (κ3) is 2.38. The van der Waals surface area contributed by atoms with Gasteiger partial charge >= 0.3 is 0 Å². The molecule has 0 fully saturated rings. The molecule has 1 aliphatic rings. The summed E-state index contributed by atoms with van der Waals surface area (Å²) in [5.41, 5.74) is 3.78. The number of aromatic nitrogens is 2. The second-order valence-electron chi connectivity index (χ2n) is 4.35. The van der Waals surface area contributed by atoms with Gasteiger partial charge in [-0.05, 0) is 11.7 Å². The van der Waals surface area contributed by atoms with E-state index in [1.165, 1.54) is 17.0 Å². The van der Waals surface area contributed by atoms with Crippen LogP contribution in [0.25, 0.3) is 0 Å². The van der Waals surface area contributed by atoms with Crippen LogP contribution in [-0.4, -0.2) is 15.7 Å². The van der Waals surface area contributed by atoms with Crippen molar-refractivity contribution < 1.29 is 0 Å². The van der Waals surface area contributed by atoms with Crippen LogP contribution in [0.5, 0.6) is 0 Å². The van der Waals surface area contributed by atoms with Crippen LogP contribution >= 0.6 is 11.8 Å². The average Bonchev–Trinajstić information content (AvgIpc) is 2.72. The molecule has 88 valence electrons. The van der Waals surface area contributed by atoms with Crippen molar-refractivity contribution in [2.45, 2.75) is 45.5 Å². The SMILES string of the molecule is CCSCc1nc2c(c(C(C)C)n1)CNC2. The molecule has 2 heterocycles. The summed E-state index contributed by atoms with van der Waals surface area (Å²) in [6.45, 7) is 8.42. The van der Waals surface area contributed by atoms with Crippen molar-refractivity contribution in [3.8, 4) is 0 Å². The Morgan fingerprint density at radius 3 is 2.81 bits per heavy atom. The molecule has 1 N–H and O–H groups in total. The second-order valence-corrected chi connectivity index (χ2v) is 5.62. The maximum Gasteiger partial charge on any atom is 0.138 e. The van der Waals surface area contributed by atoms with Crippen molar-refractivity contribution in [1.29, 1.82) is 0 Å². The van der Waals surface area contributed by atoms with Gasteiger partial charge < -0.3 is 5.32 Å². The molecular formula is C12H19N3S. The van der Waals surface area contributed by atoms with Gasteiger partial charge in [0.2, 0.25) is 0 Å². The average molecular weight is 237 g/mol. The lowest BCUT2D eigenvalue weighted by molar-refractivity contribution is 0.746. The summed E-state index contributed by atoms with van der Waals surface area (Å²) >= 11 is 1.88. The standard InChI is InChI=1S/C12H19N3S/c1-4-16-7-11-14-10-6-13-5-9(10)12(15-11)8(2)3/h8,13H,4-7H2,1-3H3. The third-order valence-electron chi connectivity index (χ3n) is 2.75. The number of nitrogens with zero attached hydrogens (tertiary/aromatic N) is 2. The molecule has 0 radical (unpaired) electrons. The predicted molar refractivity (Wildman–Crippen MR) is 68.5 cm³/mol. The summed E-state index contributed by atoms with van der Waals surface area (Å²) in [7, 11) is 0.